The van der Waals surface area contributed by atoms with Crippen LogP contribution >= 0.6 is 0 Å². The molecule has 11 nitrogen and oxygen atoms in total. The van der Waals surface area contributed by atoms with Crippen molar-refractivity contribution in [2.45, 2.75) is 19.8 Å². The van der Waals surface area contributed by atoms with Gasteiger partial charge in [-0.05, 0) is 48.8 Å². The predicted octanol–water partition coefficient (Wildman–Crippen LogP) is 4.27. The smallest absolute Gasteiger partial charge is 0.322 e. The second-order valence-corrected chi connectivity index (χ2v) is 9.90. The van der Waals surface area contributed by atoms with Gasteiger partial charge >= 0.3 is 12.0 Å². The Kier molecular flexibility index (Phi) is 6.54. The van der Waals surface area contributed by atoms with Crippen LogP contribution in [0.1, 0.15) is 24.2 Å². The molecule has 4 aromatic rings. The number of aliphatic carboxylic acids is 1. The molecule has 4 heterocycles. The number of benzene rings is 1. The summed E-state index contributed by atoms with van der Waals surface area (Å²) in [5.74, 6) is -1.51. The summed E-state index contributed by atoms with van der Waals surface area (Å²) in [5.41, 5.74) is 12.1. The fourth-order valence-electron chi connectivity index (χ4n) is 5.33. The van der Waals surface area contributed by atoms with Gasteiger partial charge in [0.25, 0.3) is 0 Å². The minimum atomic E-state index is -1.08. The highest BCUT2D eigenvalue weighted by atomic mass is 16.5. The molecular formula is C30H27N7O4. The number of hydrogen-bond acceptors (Lipinski definition) is 8. The maximum absolute atomic E-state index is 12.7. The number of allylic oxidation sites excluding steroid dienone is 5. The van der Waals surface area contributed by atoms with E-state index in [4.69, 9.17) is 10.5 Å². The van der Waals surface area contributed by atoms with Gasteiger partial charge in [0.05, 0.1) is 11.1 Å². The number of ether oxygens (including phenoxy) is 1. The summed E-state index contributed by atoms with van der Waals surface area (Å²) >= 11 is 0. The molecular weight excluding hydrogens is 522 g/mol. The number of fused-ring (bicyclic) bond motifs is 1. The number of hydrogen-bond donors (Lipinski definition) is 2. The lowest BCUT2D eigenvalue weighted by Gasteiger charge is -2.18. The summed E-state index contributed by atoms with van der Waals surface area (Å²) in [6, 6.07) is 9.63. The Morgan fingerprint density at radius 2 is 1.93 bits per heavy atom. The number of nitrogens with zero attached hydrogens (tertiary/aromatic N) is 6. The Hall–Kier alpha value is -5.32. The van der Waals surface area contributed by atoms with Gasteiger partial charge in [-0.25, -0.2) is 19.9 Å². The lowest BCUT2D eigenvalue weighted by molar-refractivity contribution is -0.147. The van der Waals surface area contributed by atoms with Gasteiger partial charge in [0.2, 0.25) is 5.91 Å². The molecule has 0 radical (unpaired) electrons. The molecule has 1 unspecified atom stereocenters. The SMILES string of the molecule is Cc1ccnc(Oc2ccc(-c3c(C4=CC=C(N5CCC(C(=O)O)C5=O)CC=C4)n(C)c4ncnc(N)c34)cc2)n1. The number of aryl methyl sites for hydroxylation is 2. The first-order chi connectivity index (χ1) is 19.8. The van der Waals surface area contributed by atoms with Crippen molar-refractivity contribution in [1.82, 2.24) is 29.4 Å². The highest BCUT2D eigenvalue weighted by molar-refractivity contribution is 6.07. The van der Waals surface area contributed by atoms with Crippen LogP contribution in [0.25, 0.3) is 27.7 Å². The topological polar surface area (TPSA) is 149 Å². The molecule has 1 amide bonds. The van der Waals surface area contributed by atoms with Crippen LogP contribution in [0.15, 0.2) is 72.9 Å². The molecule has 1 aliphatic carbocycles. The second-order valence-electron chi connectivity index (χ2n) is 9.90. The molecule has 1 fully saturated rings. The molecule has 206 valence electrons. The largest absolute Gasteiger partial charge is 0.481 e. The fourth-order valence-corrected chi connectivity index (χ4v) is 5.33. The Morgan fingerprint density at radius 3 is 2.66 bits per heavy atom. The van der Waals surface area contributed by atoms with Crippen LogP contribution in [-0.4, -0.2) is 52.9 Å². The summed E-state index contributed by atoms with van der Waals surface area (Å²) in [6.45, 7) is 2.25. The van der Waals surface area contributed by atoms with Crippen molar-refractivity contribution in [3.8, 4) is 22.9 Å². The first-order valence-electron chi connectivity index (χ1n) is 13.1. The van der Waals surface area contributed by atoms with Gasteiger partial charge < -0.3 is 25.0 Å². The summed E-state index contributed by atoms with van der Waals surface area (Å²) in [5, 5.41) is 10.1. The number of rotatable bonds is 6. The van der Waals surface area contributed by atoms with E-state index in [1.165, 1.54) is 6.33 Å². The van der Waals surface area contributed by atoms with Crippen molar-refractivity contribution in [2.75, 3.05) is 12.3 Å². The van der Waals surface area contributed by atoms with E-state index in [1.54, 1.807) is 17.2 Å². The summed E-state index contributed by atoms with van der Waals surface area (Å²) in [6.07, 6.45) is 11.7. The van der Waals surface area contributed by atoms with E-state index in [1.807, 2.05) is 67.1 Å². The number of carboxylic acid groups (broad SMARTS) is 1. The van der Waals surface area contributed by atoms with E-state index in [9.17, 15) is 14.7 Å². The number of carbonyl (C=O) groups is 2. The zero-order chi connectivity index (χ0) is 28.7. The van der Waals surface area contributed by atoms with E-state index in [2.05, 4.69) is 19.9 Å². The third kappa shape index (κ3) is 4.71. The Morgan fingerprint density at radius 1 is 1.12 bits per heavy atom. The number of aromatic nitrogens is 5. The predicted molar refractivity (Wildman–Crippen MR) is 152 cm³/mol. The summed E-state index contributed by atoms with van der Waals surface area (Å²) in [4.78, 5) is 43.0. The zero-order valence-electron chi connectivity index (χ0n) is 22.5. The average Bonchev–Trinajstić information content (AvgIpc) is 3.37. The first kappa shape index (κ1) is 25.9. The van der Waals surface area contributed by atoms with Gasteiger partial charge in [-0.15, -0.1) is 0 Å². The molecule has 3 N–H and O–H groups in total. The van der Waals surface area contributed by atoms with Crippen LogP contribution in [0.2, 0.25) is 0 Å². The molecule has 41 heavy (non-hydrogen) atoms. The molecule has 1 aromatic carbocycles. The molecule has 1 saturated heterocycles. The van der Waals surface area contributed by atoms with Gasteiger partial charge in [0, 0.05) is 43.2 Å². The van der Waals surface area contributed by atoms with Crippen LogP contribution in [-0.2, 0) is 16.6 Å². The molecule has 3 aromatic heterocycles. The molecule has 1 atom stereocenters. The number of anilines is 1. The van der Waals surface area contributed by atoms with Gasteiger partial charge in [-0.1, -0.05) is 30.4 Å². The van der Waals surface area contributed by atoms with E-state index >= 15 is 0 Å². The second kappa shape index (κ2) is 10.3. The number of carboxylic acids is 1. The van der Waals surface area contributed by atoms with E-state index in [-0.39, 0.29) is 11.9 Å². The average molecular weight is 550 g/mol. The van der Waals surface area contributed by atoms with Gasteiger partial charge in [-0.3, -0.25) is 9.59 Å². The van der Waals surface area contributed by atoms with Crippen LogP contribution in [0.4, 0.5) is 5.82 Å². The Balaban J connectivity index is 1.41. The summed E-state index contributed by atoms with van der Waals surface area (Å²) < 4.78 is 7.82. The number of nitrogen functional groups attached to an aromatic ring is 1. The van der Waals surface area contributed by atoms with Crippen molar-refractivity contribution in [2.24, 2.45) is 13.0 Å². The van der Waals surface area contributed by atoms with Gasteiger partial charge in [0.1, 0.15) is 29.5 Å². The molecule has 1 aliphatic heterocycles. The van der Waals surface area contributed by atoms with Crippen molar-refractivity contribution < 1.29 is 19.4 Å². The molecule has 11 heteroatoms. The monoisotopic (exact) mass is 549 g/mol. The Bertz CT molecular complexity index is 1790. The summed E-state index contributed by atoms with van der Waals surface area (Å²) in [7, 11) is 1.92. The highest BCUT2D eigenvalue weighted by Crippen LogP contribution is 2.41. The molecule has 0 spiro atoms. The number of carbonyl (C=O) groups excluding carboxylic acids is 1. The van der Waals surface area contributed by atoms with Crippen LogP contribution in [0, 0.1) is 12.8 Å². The van der Waals surface area contributed by atoms with Crippen LogP contribution < -0.4 is 10.5 Å². The van der Waals surface area contributed by atoms with Crippen molar-refractivity contribution >= 4 is 34.3 Å². The third-order valence-electron chi connectivity index (χ3n) is 7.32. The number of likely N-dealkylation sites (tertiary alicyclic amines) is 1. The lowest BCUT2D eigenvalue weighted by atomic mass is 9.98. The van der Waals surface area contributed by atoms with E-state index < -0.39 is 11.9 Å². The minimum Gasteiger partial charge on any atom is -0.481 e. The minimum absolute atomic E-state index is 0.267. The number of amides is 1. The maximum atomic E-state index is 12.7. The standard InChI is InChI=1S/C30H27N7O4/c1-17-12-14-32-30(35-17)41-21-10-7-18(8-11-21)23-24-26(31)33-16-34-27(24)36(2)25(23)19-4-3-5-20(9-6-19)37-15-13-22(28(37)38)29(39)40/h3-4,6-12,14,16,22H,5,13,15H2,1-2H3,(H,39,40)(H2,31,33,34). The molecule has 2 aliphatic rings. The number of nitrogens with two attached hydrogens (primary N) is 1. The van der Waals surface area contributed by atoms with E-state index in [0.29, 0.717) is 36.6 Å². The van der Waals surface area contributed by atoms with Gasteiger partial charge in [0.15, 0.2) is 0 Å². The van der Waals surface area contributed by atoms with Gasteiger partial charge in [-0.2, -0.15) is 0 Å². The molecule has 0 bridgehead atoms. The molecule has 0 saturated carbocycles. The lowest BCUT2D eigenvalue weighted by Crippen LogP contribution is -2.29. The van der Waals surface area contributed by atoms with Crippen molar-refractivity contribution in [3.05, 3.63) is 84.2 Å². The normalized spacial score (nSPS) is 17.0. The van der Waals surface area contributed by atoms with Crippen molar-refractivity contribution in [1.29, 1.82) is 0 Å². The third-order valence-corrected chi connectivity index (χ3v) is 7.32. The Labute approximate surface area is 235 Å². The van der Waals surface area contributed by atoms with Crippen LogP contribution in [0.5, 0.6) is 11.8 Å². The maximum Gasteiger partial charge on any atom is 0.322 e. The fraction of sp³-hybridized carbons (Fsp3) is 0.200. The zero-order valence-corrected chi connectivity index (χ0v) is 22.5. The van der Waals surface area contributed by atoms with E-state index in [0.717, 1.165) is 39.2 Å². The van der Waals surface area contributed by atoms with Crippen molar-refractivity contribution in [3.63, 3.8) is 0 Å². The van der Waals surface area contributed by atoms with Crippen LogP contribution in [0.3, 0.4) is 0 Å². The first-order valence-corrected chi connectivity index (χ1v) is 13.1. The highest BCUT2D eigenvalue weighted by Gasteiger charge is 2.38. The molecule has 6 rings (SSSR count). The quantitative estimate of drug-likeness (QED) is 0.336.